The molecule has 0 bridgehead atoms. The molecule has 0 unspecified atom stereocenters. The van der Waals surface area contributed by atoms with Gasteiger partial charge in [0.2, 0.25) is 0 Å². The number of nitrogens with zero attached hydrogens (tertiary/aromatic N) is 1. The summed E-state index contributed by atoms with van der Waals surface area (Å²) in [6.07, 6.45) is 1.77. The van der Waals surface area contributed by atoms with Gasteiger partial charge in [-0.3, -0.25) is 4.79 Å². The van der Waals surface area contributed by atoms with Crippen LogP contribution in [0.15, 0.2) is 79.5 Å². The zero-order valence-electron chi connectivity index (χ0n) is 20.6. The Morgan fingerprint density at radius 2 is 1.74 bits per heavy atom. The van der Waals surface area contributed by atoms with Gasteiger partial charge in [0.25, 0.3) is 5.91 Å². The second kappa shape index (κ2) is 13.1. The number of thioether (sulfide) groups is 1. The molecule has 196 valence electrons. The number of carbonyl (C=O) groups excluding carboxylic acids is 2. The first-order chi connectivity index (χ1) is 18.4. The van der Waals surface area contributed by atoms with Crippen LogP contribution >= 0.6 is 43.6 Å². The van der Waals surface area contributed by atoms with Crippen LogP contribution in [0.5, 0.6) is 11.5 Å². The topological polar surface area (TPSA) is 86.2 Å². The number of aliphatic imine (C=N–C) groups is 1. The van der Waals surface area contributed by atoms with E-state index in [2.05, 4.69) is 42.2 Å². The quantitative estimate of drug-likeness (QED) is 0.192. The number of esters is 1. The van der Waals surface area contributed by atoms with E-state index in [-0.39, 0.29) is 11.9 Å². The maximum atomic E-state index is 12.7. The lowest BCUT2D eigenvalue weighted by atomic mass is 10.1. The first kappa shape index (κ1) is 27.9. The Kier molecular flexibility index (Phi) is 9.65. The van der Waals surface area contributed by atoms with Crippen LogP contribution in [0, 0.1) is 0 Å². The van der Waals surface area contributed by atoms with Crippen LogP contribution in [-0.4, -0.2) is 30.3 Å². The highest BCUT2D eigenvalue weighted by Crippen LogP contribution is 2.44. The van der Waals surface area contributed by atoms with E-state index in [1.54, 1.807) is 37.3 Å². The van der Waals surface area contributed by atoms with Crippen LogP contribution in [0.1, 0.15) is 35.3 Å². The first-order valence-corrected chi connectivity index (χ1v) is 14.2. The number of amides is 1. The van der Waals surface area contributed by atoms with E-state index < -0.39 is 0 Å². The Morgan fingerprint density at radius 3 is 2.42 bits per heavy atom. The van der Waals surface area contributed by atoms with Crippen LogP contribution < -0.4 is 14.8 Å². The molecule has 0 saturated carbocycles. The third-order valence-electron chi connectivity index (χ3n) is 5.23. The van der Waals surface area contributed by atoms with Gasteiger partial charge in [0.1, 0.15) is 6.61 Å². The van der Waals surface area contributed by atoms with Gasteiger partial charge in [-0.2, -0.15) is 0 Å². The molecule has 3 aromatic rings. The summed E-state index contributed by atoms with van der Waals surface area (Å²) in [7, 11) is 0. The highest BCUT2D eigenvalue weighted by molar-refractivity contribution is 9.13. The molecule has 7 nitrogen and oxygen atoms in total. The lowest BCUT2D eigenvalue weighted by Crippen LogP contribution is -2.19. The number of nitrogens with one attached hydrogen (secondary N) is 1. The van der Waals surface area contributed by atoms with Gasteiger partial charge >= 0.3 is 5.97 Å². The van der Waals surface area contributed by atoms with E-state index >= 15 is 0 Å². The SMILES string of the molecule is CCOC(=O)c1ccc(N=C2NC(=O)C(=Cc3cc(OCC)c(OCc4ccccc4)c(Br)c3Br)S2)cc1. The average molecular weight is 660 g/mol. The summed E-state index contributed by atoms with van der Waals surface area (Å²) < 4.78 is 18.4. The average Bonchev–Trinajstić information content (AvgIpc) is 3.26. The van der Waals surface area contributed by atoms with E-state index in [1.807, 2.05) is 43.3 Å². The molecule has 1 amide bonds. The minimum Gasteiger partial charge on any atom is -0.490 e. The van der Waals surface area contributed by atoms with Gasteiger partial charge < -0.3 is 19.5 Å². The molecule has 1 aliphatic heterocycles. The van der Waals surface area contributed by atoms with Gasteiger partial charge in [-0.25, -0.2) is 9.79 Å². The lowest BCUT2D eigenvalue weighted by Gasteiger charge is -2.16. The molecule has 0 radical (unpaired) electrons. The molecule has 1 N–H and O–H groups in total. The number of halogens is 2. The molecule has 3 aromatic carbocycles. The van der Waals surface area contributed by atoms with Crippen molar-refractivity contribution in [1.82, 2.24) is 5.32 Å². The summed E-state index contributed by atoms with van der Waals surface area (Å²) in [6.45, 7) is 4.80. The van der Waals surface area contributed by atoms with E-state index in [1.165, 1.54) is 11.8 Å². The summed E-state index contributed by atoms with van der Waals surface area (Å²) in [6, 6.07) is 18.4. The van der Waals surface area contributed by atoms with Crippen molar-refractivity contribution in [3.63, 3.8) is 0 Å². The van der Waals surface area contributed by atoms with Crippen LogP contribution in [0.2, 0.25) is 0 Å². The fourth-order valence-corrected chi connectivity index (χ4v) is 5.24. The molecule has 1 saturated heterocycles. The zero-order chi connectivity index (χ0) is 27.1. The van der Waals surface area contributed by atoms with Crippen LogP contribution in [-0.2, 0) is 16.1 Å². The standard InChI is InChI=1S/C28H24Br2N2O5S/c1-3-35-21-14-19(23(29)24(30)25(21)37-16-17-8-6-5-7-9-17)15-22-26(33)32-28(38-22)31-20-12-10-18(11-13-20)27(34)36-4-2/h5-15H,3-4,16H2,1-2H3,(H,31,32,33). The number of hydrogen-bond donors (Lipinski definition) is 1. The molecule has 1 heterocycles. The second-order valence-corrected chi connectivity index (χ2v) is 10.5. The number of ether oxygens (including phenoxy) is 3. The van der Waals surface area contributed by atoms with Crippen molar-refractivity contribution < 1.29 is 23.8 Å². The third kappa shape index (κ3) is 6.86. The van der Waals surface area contributed by atoms with Gasteiger partial charge in [-0.15, -0.1) is 0 Å². The molecule has 38 heavy (non-hydrogen) atoms. The summed E-state index contributed by atoms with van der Waals surface area (Å²) in [4.78, 5) is 29.5. The second-order valence-electron chi connectivity index (χ2n) is 7.88. The van der Waals surface area contributed by atoms with Gasteiger partial charge in [-0.05, 0) is 105 Å². The van der Waals surface area contributed by atoms with Crippen molar-refractivity contribution in [3.05, 3.63) is 91.2 Å². The molecule has 1 fully saturated rings. The molecule has 0 aromatic heterocycles. The highest BCUT2D eigenvalue weighted by Gasteiger charge is 2.25. The van der Waals surface area contributed by atoms with Crippen molar-refractivity contribution >= 4 is 72.4 Å². The molecule has 4 rings (SSSR count). The summed E-state index contributed by atoms with van der Waals surface area (Å²) in [5, 5.41) is 3.22. The van der Waals surface area contributed by atoms with E-state index in [9.17, 15) is 9.59 Å². The molecule has 0 atom stereocenters. The summed E-state index contributed by atoms with van der Waals surface area (Å²) in [5.41, 5.74) is 2.82. The number of benzene rings is 3. The fourth-order valence-electron chi connectivity index (χ4n) is 3.46. The van der Waals surface area contributed by atoms with Gasteiger partial charge in [-0.1, -0.05) is 30.3 Å². The van der Waals surface area contributed by atoms with Gasteiger partial charge in [0.15, 0.2) is 16.7 Å². The Balaban J connectivity index is 1.55. The number of hydrogen-bond acceptors (Lipinski definition) is 7. The van der Waals surface area contributed by atoms with Crippen molar-refractivity contribution in [2.45, 2.75) is 20.5 Å². The molecule has 10 heteroatoms. The van der Waals surface area contributed by atoms with E-state index in [0.29, 0.717) is 57.1 Å². The smallest absolute Gasteiger partial charge is 0.338 e. The van der Waals surface area contributed by atoms with Crippen LogP contribution in [0.4, 0.5) is 5.69 Å². The Labute approximate surface area is 241 Å². The predicted octanol–water partition coefficient (Wildman–Crippen LogP) is 7.26. The first-order valence-electron chi connectivity index (χ1n) is 11.8. The zero-order valence-corrected chi connectivity index (χ0v) is 24.6. The molecule has 0 aliphatic carbocycles. The number of amidine groups is 1. The minimum absolute atomic E-state index is 0.262. The Morgan fingerprint density at radius 1 is 1.00 bits per heavy atom. The Hall–Kier alpha value is -3.08. The van der Waals surface area contributed by atoms with Crippen molar-refractivity contribution in [3.8, 4) is 11.5 Å². The molecular weight excluding hydrogens is 636 g/mol. The highest BCUT2D eigenvalue weighted by atomic mass is 79.9. The van der Waals surface area contributed by atoms with Gasteiger partial charge in [0, 0.05) is 4.47 Å². The van der Waals surface area contributed by atoms with Crippen molar-refractivity contribution in [2.75, 3.05) is 13.2 Å². The van der Waals surface area contributed by atoms with Crippen LogP contribution in [0.25, 0.3) is 6.08 Å². The largest absolute Gasteiger partial charge is 0.490 e. The predicted molar refractivity (Wildman–Crippen MR) is 157 cm³/mol. The number of rotatable bonds is 9. The lowest BCUT2D eigenvalue weighted by molar-refractivity contribution is -0.115. The fraction of sp³-hybridized carbons (Fsp3) is 0.179. The van der Waals surface area contributed by atoms with E-state index in [0.717, 1.165) is 15.6 Å². The maximum Gasteiger partial charge on any atom is 0.338 e. The molecule has 1 aliphatic rings. The number of carbonyl (C=O) groups is 2. The summed E-state index contributed by atoms with van der Waals surface area (Å²) in [5.74, 6) is 0.480. The third-order valence-corrected chi connectivity index (χ3v) is 8.28. The molecular formula is C28H24Br2N2O5S. The maximum absolute atomic E-state index is 12.7. The Bertz CT molecular complexity index is 1390. The minimum atomic E-state index is -0.389. The monoisotopic (exact) mass is 658 g/mol. The van der Waals surface area contributed by atoms with Crippen LogP contribution in [0.3, 0.4) is 0 Å². The molecule has 0 spiro atoms. The van der Waals surface area contributed by atoms with E-state index in [4.69, 9.17) is 14.2 Å². The van der Waals surface area contributed by atoms with Crippen molar-refractivity contribution in [1.29, 1.82) is 0 Å². The van der Waals surface area contributed by atoms with Gasteiger partial charge in [0.05, 0.1) is 33.8 Å². The van der Waals surface area contributed by atoms with Crippen molar-refractivity contribution in [2.24, 2.45) is 4.99 Å². The normalized spacial score (nSPS) is 15.0. The summed E-state index contributed by atoms with van der Waals surface area (Å²) >= 11 is 8.48.